The topological polar surface area (TPSA) is 50.4 Å². The Labute approximate surface area is 101 Å². The fourth-order valence-corrected chi connectivity index (χ4v) is 2.01. The van der Waals surface area contributed by atoms with E-state index < -0.39 is 0 Å². The molecule has 1 aliphatic rings. The van der Waals surface area contributed by atoms with Crippen LogP contribution in [0.25, 0.3) is 0 Å². The van der Waals surface area contributed by atoms with E-state index in [-0.39, 0.29) is 11.9 Å². The number of amides is 1. The van der Waals surface area contributed by atoms with Crippen molar-refractivity contribution in [1.82, 2.24) is 10.6 Å². The number of hydrogen-bond acceptors (Lipinski definition) is 3. The van der Waals surface area contributed by atoms with E-state index in [9.17, 15) is 4.79 Å². The van der Waals surface area contributed by atoms with Crippen LogP contribution >= 0.6 is 0 Å². The summed E-state index contributed by atoms with van der Waals surface area (Å²) in [6.45, 7) is 3.79. The molecule has 92 valence electrons. The Morgan fingerprint density at radius 3 is 3.00 bits per heavy atom. The summed E-state index contributed by atoms with van der Waals surface area (Å²) < 4.78 is 5.21. The normalized spacial score (nSPS) is 19.1. The lowest BCUT2D eigenvalue weighted by molar-refractivity contribution is 0.0939. The Bertz CT molecular complexity index is 412. The van der Waals surface area contributed by atoms with Gasteiger partial charge in [-0.05, 0) is 37.6 Å². The van der Waals surface area contributed by atoms with Crippen molar-refractivity contribution in [2.45, 2.75) is 19.4 Å². The zero-order chi connectivity index (χ0) is 12.3. The summed E-state index contributed by atoms with van der Waals surface area (Å²) in [6, 6.07) is 5.76. The molecule has 4 nitrogen and oxygen atoms in total. The highest BCUT2D eigenvalue weighted by atomic mass is 16.5. The number of ether oxygens (including phenoxy) is 1. The Morgan fingerprint density at radius 2 is 2.35 bits per heavy atom. The molecule has 0 aliphatic carbocycles. The van der Waals surface area contributed by atoms with E-state index in [1.165, 1.54) is 0 Å². The maximum Gasteiger partial charge on any atom is 0.251 e. The Morgan fingerprint density at radius 1 is 1.53 bits per heavy atom. The second-order valence-corrected chi connectivity index (χ2v) is 4.35. The van der Waals surface area contributed by atoms with Crippen molar-refractivity contribution in [2.24, 2.45) is 0 Å². The standard InChI is InChI=1S/C13H18N2O2/c1-9-3-4-10(7-12(9)17-2)13(16)15-11-5-6-14-8-11/h3-4,7,11,14H,5-6,8H2,1-2H3,(H,15,16)/t11-/m1/s1. The molecule has 0 aromatic heterocycles. The number of nitrogens with one attached hydrogen (secondary N) is 2. The third-order valence-electron chi connectivity index (χ3n) is 3.07. The highest BCUT2D eigenvalue weighted by Gasteiger charge is 2.17. The van der Waals surface area contributed by atoms with E-state index >= 15 is 0 Å². The highest BCUT2D eigenvalue weighted by Crippen LogP contribution is 2.19. The van der Waals surface area contributed by atoms with Gasteiger partial charge in [0.25, 0.3) is 5.91 Å². The third kappa shape index (κ3) is 2.77. The van der Waals surface area contributed by atoms with Gasteiger partial charge in [-0.1, -0.05) is 6.07 Å². The molecule has 1 aromatic rings. The number of carbonyl (C=O) groups excluding carboxylic acids is 1. The molecule has 0 radical (unpaired) electrons. The molecule has 0 unspecified atom stereocenters. The number of methoxy groups -OCH3 is 1. The summed E-state index contributed by atoms with van der Waals surface area (Å²) in [7, 11) is 1.62. The van der Waals surface area contributed by atoms with Crippen LogP contribution in [0.1, 0.15) is 22.3 Å². The maximum absolute atomic E-state index is 12.0. The first kappa shape index (κ1) is 11.9. The molecule has 1 atom stereocenters. The van der Waals surface area contributed by atoms with Crippen LogP contribution in [-0.2, 0) is 0 Å². The molecule has 2 rings (SSSR count). The number of carbonyl (C=O) groups is 1. The van der Waals surface area contributed by atoms with Gasteiger partial charge in [-0.25, -0.2) is 0 Å². The van der Waals surface area contributed by atoms with Crippen molar-refractivity contribution in [3.63, 3.8) is 0 Å². The van der Waals surface area contributed by atoms with Gasteiger partial charge in [-0.2, -0.15) is 0 Å². The fourth-order valence-electron chi connectivity index (χ4n) is 2.01. The van der Waals surface area contributed by atoms with Gasteiger partial charge in [0.15, 0.2) is 0 Å². The van der Waals surface area contributed by atoms with Gasteiger partial charge in [-0.3, -0.25) is 4.79 Å². The van der Waals surface area contributed by atoms with Gasteiger partial charge in [0.2, 0.25) is 0 Å². The SMILES string of the molecule is COc1cc(C(=O)N[C@@H]2CCNC2)ccc1C. The predicted octanol–water partition coefficient (Wildman–Crippen LogP) is 1.10. The molecule has 1 aliphatic heterocycles. The lowest BCUT2D eigenvalue weighted by Gasteiger charge is -2.12. The molecule has 0 bridgehead atoms. The van der Waals surface area contributed by atoms with E-state index in [1.54, 1.807) is 13.2 Å². The van der Waals surface area contributed by atoms with Crippen molar-refractivity contribution in [3.05, 3.63) is 29.3 Å². The molecule has 1 aromatic carbocycles. The molecule has 1 saturated heterocycles. The summed E-state index contributed by atoms with van der Waals surface area (Å²) >= 11 is 0. The Balaban J connectivity index is 2.07. The first-order valence-corrected chi connectivity index (χ1v) is 5.87. The van der Waals surface area contributed by atoms with Crippen molar-refractivity contribution >= 4 is 5.91 Å². The van der Waals surface area contributed by atoms with Gasteiger partial charge < -0.3 is 15.4 Å². The highest BCUT2D eigenvalue weighted by molar-refractivity contribution is 5.94. The lowest BCUT2D eigenvalue weighted by Crippen LogP contribution is -2.36. The summed E-state index contributed by atoms with van der Waals surface area (Å²) in [6.07, 6.45) is 0.995. The second-order valence-electron chi connectivity index (χ2n) is 4.35. The Kier molecular flexibility index (Phi) is 3.64. The molecule has 1 fully saturated rings. The minimum absolute atomic E-state index is 0.0306. The first-order chi connectivity index (χ1) is 8.20. The van der Waals surface area contributed by atoms with E-state index in [0.717, 1.165) is 30.8 Å². The van der Waals surface area contributed by atoms with Gasteiger partial charge >= 0.3 is 0 Å². The summed E-state index contributed by atoms with van der Waals surface area (Å²) in [5.41, 5.74) is 1.69. The van der Waals surface area contributed by atoms with Crippen LogP contribution in [0, 0.1) is 6.92 Å². The summed E-state index contributed by atoms with van der Waals surface area (Å²) in [4.78, 5) is 12.0. The molecule has 4 heteroatoms. The van der Waals surface area contributed by atoms with Crippen molar-refractivity contribution in [3.8, 4) is 5.75 Å². The van der Waals surface area contributed by atoms with Crippen LogP contribution < -0.4 is 15.4 Å². The van der Waals surface area contributed by atoms with E-state index in [4.69, 9.17) is 4.74 Å². The Hall–Kier alpha value is -1.55. The quantitative estimate of drug-likeness (QED) is 0.823. The molecule has 1 heterocycles. The molecular weight excluding hydrogens is 216 g/mol. The van der Waals surface area contributed by atoms with E-state index in [2.05, 4.69) is 10.6 Å². The molecule has 1 amide bonds. The van der Waals surface area contributed by atoms with Gasteiger partial charge in [0.05, 0.1) is 7.11 Å². The number of benzene rings is 1. The molecule has 17 heavy (non-hydrogen) atoms. The smallest absolute Gasteiger partial charge is 0.251 e. The summed E-state index contributed by atoms with van der Waals surface area (Å²) in [5.74, 6) is 0.721. The average Bonchev–Trinajstić information content (AvgIpc) is 2.82. The molecular formula is C13H18N2O2. The first-order valence-electron chi connectivity index (χ1n) is 5.87. The van der Waals surface area contributed by atoms with Crippen LogP contribution in [0.5, 0.6) is 5.75 Å². The van der Waals surface area contributed by atoms with Crippen LogP contribution in [0.3, 0.4) is 0 Å². The predicted molar refractivity (Wildman–Crippen MR) is 66.5 cm³/mol. The van der Waals surface area contributed by atoms with Crippen LogP contribution in [-0.4, -0.2) is 32.1 Å². The van der Waals surface area contributed by atoms with Gasteiger partial charge in [0.1, 0.15) is 5.75 Å². The maximum atomic E-state index is 12.0. The number of rotatable bonds is 3. The zero-order valence-corrected chi connectivity index (χ0v) is 10.2. The molecule has 0 spiro atoms. The molecule has 0 saturated carbocycles. The second kappa shape index (κ2) is 5.19. The van der Waals surface area contributed by atoms with Gasteiger partial charge in [0, 0.05) is 18.2 Å². The third-order valence-corrected chi connectivity index (χ3v) is 3.07. The number of hydrogen-bond donors (Lipinski definition) is 2. The van der Waals surface area contributed by atoms with Crippen LogP contribution in [0.4, 0.5) is 0 Å². The van der Waals surface area contributed by atoms with E-state index in [1.807, 2.05) is 19.1 Å². The monoisotopic (exact) mass is 234 g/mol. The molecule has 2 N–H and O–H groups in total. The average molecular weight is 234 g/mol. The van der Waals surface area contributed by atoms with Crippen molar-refractivity contribution < 1.29 is 9.53 Å². The number of aryl methyl sites for hydroxylation is 1. The van der Waals surface area contributed by atoms with Crippen LogP contribution in [0.15, 0.2) is 18.2 Å². The van der Waals surface area contributed by atoms with Crippen LogP contribution in [0.2, 0.25) is 0 Å². The zero-order valence-electron chi connectivity index (χ0n) is 10.2. The lowest BCUT2D eigenvalue weighted by atomic mass is 10.1. The minimum atomic E-state index is -0.0306. The van der Waals surface area contributed by atoms with E-state index in [0.29, 0.717) is 5.56 Å². The minimum Gasteiger partial charge on any atom is -0.496 e. The largest absolute Gasteiger partial charge is 0.496 e. The van der Waals surface area contributed by atoms with Crippen molar-refractivity contribution in [1.29, 1.82) is 0 Å². The fraction of sp³-hybridized carbons (Fsp3) is 0.462. The summed E-state index contributed by atoms with van der Waals surface area (Å²) in [5, 5.41) is 6.23. The van der Waals surface area contributed by atoms with Gasteiger partial charge in [-0.15, -0.1) is 0 Å². The van der Waals surface area contributed by atoms with Crippen molar-refractivity contribution in [2.75, 3.05) is 20.2 Å².